The van der Waals surface area contributed by atoms with Crippen LogP contribution < -0.4 is 0 Å². The number of halogens is 2. The first kappa shape index (κ1) is 34.7. The summed E-state index contributed by atoms with van der Waals surface area (Å²) in [7, 11) is 1.78. The van der Waals surface area contributed by atoms with Crippen molar-refractivity contribution in [2.75, 3.05) is 20.1 Å². The lowest BCUT2D eigenvalue weighted by Gasteiger charge is -2.30. The Balaban J connectivity index is 2.37. The van der Waals surface area contributed by atoms with Crippen LogP contribution in [-0.2, 0) is 4.74 Å². The molecule has 2 aliphatic carbocycles. The topological polar surface area (TPSA) is 41.9 Å². The molecular weight excluding hydrogens is 518 g/mol. The van der Waals surface area contributed by atoms with Crippen LogP contribution in [0.5, 0.6) is 0 Å². The second kappa shape index (κ2) is 14.6. The third-order valence-corrected chi connectivity index (χ3v) is 7.68. The van der Waals surface area contributed by atoms with Crippen LogP contribution in [0.1, 0.15) is 99.8 Å². The molecule has 2 saturated carbocycles. The van der Waals surface area contributed by atoms with Crippen molar-refractivity contribution in [2.45, 2.75) is 111 Å². The highest BCUT2D eigenvalue weighted by Crippen LogP contribution is 2.46. The maximum atomic E-state index is 14.2. The van der Waals surface area contributed by atoms with E-state index < -0.39 is 11.5 Å². The predicted molar refractivity (Wildman–Crippen MR) is 169 cm³/mol. The zero-order valence-corrected chi connectivity index (χ0v) is 27.0. The fourth-order valence-electron chi connectivity index (χ4n) is 5.56. The van der Waals surface area contributed by atoms with Crippen molar-refractivity contribution in [3.05, 3.63) is 59.3 Å². The minimum absolute atomic E-state index is 0.0368. The van der Waals surface area contributed by atoms with Crippen molar-refractivity contribution in [3.8, 4) is 0 Å². The number of ether oxygens (including phenoxy) is 1. The molecule has 0 N–H and O–H groups in total. The zero-order chi connectivity index (χ0) is 31.1. The second-order valence-electron chi connectivity index (χ2n) is 13.5. The molecule has 230 valence electrons. The summed E-state index contributed by atoms with van der Waals surface area (Å²) < 4.78 is 34.1. The Morgan fingerprint density at radius 1 is 1.10 bits per heavy atom. The molecule has 0 aliphatic heterocycles. The van der Waals surface area contributed by atoms with Gasteiger partial charge in [-0.2, -0.15) is 0 Å². The molecular formula is C35H54F2N2O2. The number of allylic oxidation sites excluding steroid dienone is 7. The van der Waals surface area contributed by atoms with Crippen molar-refractivity contribution >= 4 is 11.8 Å². The predicted octanol–water partition coefficient (Wildman–Crippen LogP) is 9.90. The van der Waals surface area contributed by atoms with Gasteiger partial charge in [0.2, 0.25) is 5.92 Å². The van der Waals surface area contributed by atoms with Gasteiger partial charge in [0, 0.05) is 44.3 Å². The first-order chi connectivity index (χ1) is 19.0. The molecule has 6 heteroatoms. The van der Waals surface area contributed by atoms with Gasteiger partial charge in [-0.15, -0.1) is 0 Å². The van der Waals surface area contributed by atoms with Gasteiger partial charge >= 0.3 is 6.09 Å². The van der Waals surface area contributed by atoms with E-state index in [1.54, 1.807) is 11.9 Å². The van der Waals surface area contributed by atoms with Gasteiger partial charge in [-0.05, 0) is 108 Å². The Hall–Kier alpha value is -2.50. The highest BCUT2D eigenvalue weighted by atomic mass is 19.3. The molecule has 2 rings (SSSR count). The van der Waals surface area contributed by atoms with E-state index in [0.717, 1.165) is 64.8 Å². The third kappa shape index (κ3) is 11.0. The van der Waals surface area contributed by atoms with Crippen molar-refractivity contribution in [2.24, 2.45) is 22.7 Å². The minimum Gasteiger partial charge on any atom is -0.444 e. The summed E-state index contributed by atoms with van der Waals surface area (Å²) in [5.41, 5.74) is 6.01. The third-order valence-electron chi connectivity index (χ3n) is 7.68. The van der Waals surface area contributed by atoms with Gasteiger partial charge in [0.25, 0.3) is 0 Å². The summed E-state index contributed by atoms with van der Waals surface area (Å²) in [4.78, 5) is 19.2. The Bertz CT molecular complexity index is 1080. The van der Waals surface area contributed by atoms with Crippen molar-refractivity contribution in [1.82, 2.24) is 4.90 Å². The summed E-state index contributed by atoms with van der Waals surface area (Å²) >= 11 is 0. The van der Waals surface area contributed by atoms with Crippen LogP contribution in [-0.4, -0.2) is 48.4 Å². The number of carbonyl (C=O) groups is 1. The van der Waals surface area contributed by atoms with E-state index in [0.29, 0.717) is 37.8 Å². The van der Waals surface area contributed by atoms with Crippen LogP contribution in [0.15, 0.2) is 64.2 Å². The van der Waals surface area contributed by atoms with Gasteiger partial charge in [0.1, 0.15) is 5.60 Å². The monoisotopic (exact) mass is 572 g/mol. The van der Waals surface area contributed by atoms with Gasteiger partial charge in [0.05, 0.1) is 0 Å². The van der Waals surface area contributed by atoms with Crippen LogP contribution in [0.4, 0.5) is 13.6 Å². The van der Waals surface area contributed by atoms with E-state index in [1.165, 1.54) is 0 Å². The van der Waals surface area contributed by atoms with Crippen molar-refractivity contribution < 1.29 is 18.3 Å². The lowest BCUT2D eigenvalue weighted by Crippen LogP contribution is -2.39. The maximum absolute atomic E-state index is 14.2. The van der Waals surface area contributed by atoms with Gasteiger partial charge in [0.15, 0.2) is 0 Å². The first-order valence-corrected chi connectivity index (χ1v) is 15.2. The summed E-state index contributed by atoms with van der Waals surface area (Å²) in [5, 5.41) is 0. The number of alkyl halides is 2. The minimum atomic E-state index is -2.63. The van der Waals surface area contributed by atoms with E-state index >= 15 is 0 Å². The Morgan fingerprint density at radius 2 is 1.73 bits per heavy atom. The normalized spacial score (nSPS) is 20.4. The molecule has 0 radical (unpaired) electrons. The molecule has 0 heterocycles. The van der Waals surface area contributed by atoms with Gasteiger partial charge < -0.3 is 9.64 Å². The van der Waals surface area contributed by atoms with Crippen LogP contribution in [0.25, 0.3) is 0 Å². The Labute approximate surface area is 248 Å². The standard InChI is InChI=1S/C35H54F2N2O2/c1-23(2)22-39(33(40)41-34(8,9)10)19-13-14-25(5)31(24(3)4)32(27(7)38-11)30(28-16-17-28)20-26(6)29-15-12-18-35(36,37)21-29/h20,23,28-29H,3,5-6,12-19,21-22H2,1-2,4,7-11H3/b30-20-,32-31-,38-27-. The van der Waals surface area contributed by atoms with Crippen LogP contribution >= 0.6 is 0 Å². The average Bonchev–Trinajstić information content (AvgIpc) is 3.68. The molecule has 1 amide bonds. The number of hydrogen-bond donors (Lipinski definition) is 0. The smallest absolute Gasteiger partial charge is 0.410 e. The van der Waals surface area contributed by atoms with Crippen LogP contribution in [0.3, 0.4) is 0 Å². The molecule has 0 saturated heterocycles. The fraction of sp³-hybridized carbons (Fsp3) is 0.657. The summed E-state index contributed by atoms with van der Waals surface area (Å²) in [6.45, 7) is 28.0. The molecule has 0 aromatic rings. The largest absolute Gasteiger partial charge is 0.444 e. The van der Waals surface area contributed by atoms with Gasteiger partial charge in [-0.25, -0.2) is 13.6 Å². The molecule has 41 heavy (non-hydrogen) atoms. The summed E-state index contributed by atoms with van der Waals surface area (Å²) in [6, 6.07) is 0. The van der Waals surface area contributed by atoms with Gasteiger partial charge in [-0.3, -0.25) is 4.99 Å². The molecule has 1 atom stereocenters. The molecule has 0 aromatic heterocycles. The fourth-order valence-corrected chi connectivity index (χ4v) is 5.56. The molecule has 0 aromatic carbocycles. The second-order valence-corrected chi connectivity index (χ2v) is 13.5. The molecule has 0 spiro atoms. The highest BCUT2D eigenvalue weighted by molar-refractivity contribution is 6.04. The van der Waals surface area contributed by atoms with E-state index in [2.05, 4.69) is 44.7 Å². The van der Waals surface area contributed by atoms with Crippen LogP contribution in [0.2, 0.25) is 0 Å². The first-order valence-electron chi connectivity index (χ1n) is 15.2. The molecule has 2 aliphatic rings. The van der Waals surface area contributed by atoms with Gasteiger partial charge in [-0.1, -0.05) is 50.8 Å². The lowest BCUT2D eigenvalue weighted by atomic mass is 9.79. The van der Waals surface area contributed by atoms with Crippen LogP contribution in [0, 0.1) is 17.8 Å². The number of aliphatic imine (C=N–C) groups is 1. The number of carbonyl (C=O) groups excluding carboxylic acids is 1. The highest BCUT2D eigenvalue weighted by Gasteiger charge is 2.38. The van der Waals surface area contributed by atoms with Crippen molar-refractivity contribution in [1.29, 1.82) is 0 Å². The number of amides is 1. The molecule has 2 fully saturated rings. The average molecular weight is 573 g/mol. The number of hydrogen-bond acceptors (Lipinski definition) is 3. The zero-order valence-electron chi connectivity index (χ0n) is 27.0. The van der Waals surface area contributed by atoms with E-state index in [-0.39, 0.29) is 24.9 Å². The number of nitrogens with zero attached hydrogens (tertiary/aromatic N) is 2. The molecule has 4 nitrogen and oxygen atoms in total. The van der Waals surface area contributed by atoms with E-state index in [4.69, 9.17) is 4.74 Å². The maximum Gasteiger partial charge on any atom is 0.410 e. The Kier molecular flexibility index (Phi) is 12.4. The lowest BCUT2D eigenvalue weighted by molar-refractivity contribution is -0.0464. The van der Waals surface area contributed by atoms with Crippen molar-refractivity contribution in [3.63, 3.8) is 0 Å². The summed E-state index contributed by atoms with van der Waals surface area (Å²) in [5.74, 6) is -2.18. The number of rotatable bonds is 13. The Morgan fingerprint density at radius 3 is 2.22 bits per heavy atom. The molecule has 0 bridgehead atoms. The summed E-state index contributed by atoms with van der Waals surface area (Å²) in [6.07, 6.45) is 6.36. The van der Waals surface area contributed by atoms with E-state index in [1.807, 2.05) is 34.6 Å². The SMILES string of the molecule is C=C(C)/C(C(=C)CCCN(CC(C)C)C(=O)OC(C)(C)C)=C(C(=C\C(=C)C1CCCC(F)(F)C1)/C1CC1)\C(C)=N/C. The molecule has 1 unspecified atom stereocenters. The van der Waals surface area contributed by atoms with E-state index in [9.17, 15) is 13.6 Å². The quantitative estimate of drug-likeness (QED) is 0.163.